The lowest BCUT2D eigenvalue weighted by molar-refractivity contribution is 0.832. The first-order valence-corrected chi connectivity index (χ1v) is 11.3. The minimum atomic E-state index is 0.544. The van der Waals surface area contributed by atoms with Crippen molar-refractivity contribution in [3.05, 3.63) is 58.8 Å². The Morgan fingerprint density at radius 2 is 1.83 bits per heavy atom. The molecular weight excluding hydrogens is 400 g/mol. The number of anilines is 2. The average molecular weight is 421 g/mol. The minimum Gasteiger partial charge on any atom is -0.341 e. The van der Waals surface area contributed by atoms with Crippen molar-refractivity contribution in [3.8, 4) is 0 Å². The number of hydrogen-bond acceptors (Lipinski definition) is 8. The number of rotatable bonds is 5. The molecule has 2 aromatic heterocycles. The highest BCUT2D eigenvalue weighted by molar-refractivity contribution is 7.99. The summed E-state index contributed by atoms with van der Waals surface area (Å²) in [7, 11) is 0. The van der Waals surface area contributed by atoms with Crippen LogP contribution in [-0.2, 0) is 0 Å². The van der Waals surface area contributed by atoms with E-state index in [0.717, 1.165) is 29.8 Å². The first kappa shape index (κ1) is 18.3. The molecule has 29 heavy (non-hydrogen) atoms. The zero-order valence-electron chi connectivity index (χ0n) is 15.8. The van der Waals surface area contributed by atoms with Gasteiger partial charge in [-0.25, -0.2) is 0 Å². The highest BCUT2D eigenvalue weighted by Gasteiger charge is 2.19. The van der Waals surface area contributed by atoms with E-state index in [1.54, 1.807) is 23.1 Å². The topological polar surface area (TPSA) is 66.3 Å². The van der Waals surface area contributed by atoms with Crippen LogP contribution in [0.15, 0.2) is 69.0 Å². The summed E-state index contributed by atoms with van der Waals surface area (Å²) >= 11 is 3.28. The molecule has 5 rings (SSSR count). The van der Waals surface area contributed by atoms with Crippen LogP contribution in [0.5, 0.6) is 0 Å². The maximum Gasteiger partial charge on any atom is 0.234 e. The molecule has 1 saturated heterocycles. The molecule has 3 aromatic rings. The number of aliphatic imine (C=N–C) groups is 1. The summed E-state index contributed by atoms with van der Waals surface area (Å²) in [6.45, 7) is 2.66. The first-order valence-electron chi connectivity index (χ1n) is 9.63. The van der Waals surface area contributed by atoms with Crippen molar-refractivity contribution in [1.82, 2.24) is 15.0 Å². The summed E-state index contributed by atoms with van der Waals surface area (Å²) in [5.74, 6) is 2.07. The van der Waals surface area contributed by atoms with Crippen molar-refractivity contribution in [3.63, 3.8) is 0 Å². The van der Waals surface area contributed by atoms with Gasteiger partial charge in [-0.3, -0.25) is 4.99 Å². The number of thiophene rings is 1. The highest BCUT2D eigenvalue weighted by Crippen LogP contribution is 2.28. The molecular formula is C21H20N6S2. The predicted molar refractivity (Wildman–Crippen MR) is 120 cm³/mol. The van der Waals surface area contributed by atoms with Gasteiger partial charge in [-0.05, 0) is 59.8 Å². The first-order chi connectivity index (χ1) is 14.3. The largest absolute Gasteiger partial charge is 0.341 e. The van der Waals surface area contributed by atoms with Crippen LogP contribution in [0.25, 0.3) is 5.57 Å². The zero-order chi connectivity index (χ0) is 19.5. The van der Waals surface area contributed by atoms with Crippen LogP contribution in [0.4, 0.5) is 11.9 Å². The number of nitrogens with zero attached hydrogens (tertiary/aromatic N) is 5. The fraction of sp³-hybridized carbons (Fsp3) is 0.238. The Morgan fingerprint density at radius 1 is 0.966 bits per heavy atom. The molecule has 146 valence electrons. The van der Waals surface area contributed by atoms with Crippen LogP contribution in [0.2, 0.25) is 0 Å². The van der Waals surface area contributed by atoms with Gasteiger partial charge in [0.15, 0.2) is 5.16 Å². The summed E-state index contributed by atoms with van der Waals surface area (Å²) < 4.78 is 0. The van der Waals surface area contributed by atoms with Gasteiger partial charge in [0.25, 0.3) is 0 Å². The second kappa shape index (κ2) is 8.34. The molecule has 1 aromatic carbocycles. The molecule has 6 nitrogen and oxygen atoms in total. The van der Waals surface area contributed by atoms with Gasteiger partial charge in [0.1, 0.15) is 5.84 Å². The Morgan fingerprint density at radius 3 is 2.62 bits per heavy atom. The molecule has 1 N–H and O–H groups in total. The van der Waals surface area contributed by atoms with Crippen molar-refractivity contribution >= 4 is 46.4 Å². The summed E-state index contributed by atoms with van der Waals surface area (Å²) in [5.41, 5.74) is 1.22. The number of aromatic nitrogens is 3. The van der Waals surface area contributed by atoms with Crippen LogP contribution >= 0.6 is 23.1 Å². The van der Waals surface area contributed by atoms with E-state index in [9.17, 15) is 0 Å². The Hall–Kier alpha value is -2.71. The molecule has 2 aliphatic heterocycles. The van der Waals surface area contributed by atoms with Crippen molar-refractivity contribution in [1.29, 1.82) is 0 Å². The van der Waals surface area contributed by atoms with Crippen LogP contribution in [0.1, 0.15) is 17.7 Å². The average Bonchev–Trinajstić information content (AvgIpc) is 3.50. The van der Waals surface area contributed by atoms with E-state index in [2.05, 4.69) is 60.9 Å². The molecule has 0 saturated carbocycles. The second-order valence-corrected chi connectivity index (χ2v) is 8.81. The van der Waals surface area contributed by atoms with Crippen LogP contribution in [-0.4, -0.2) is 40.4 Å². The molecule has 0 radical (unpaired) electrons. The molecule has 0 atom stereocenters. The van der Waals surface area contributed by atoms with Gasteiger partial charge in [0.2, 0.25) is 11.9 Å². The molecule has 0 bridgehead atoms. The Bertz CT molecular complexity index is 1040. The maximum absolute atomic E-state index is 4.71. The summed E-state index contributed by atoms with van der Waals surface area (Å²) in [6, 6.07) is 14.4. The van der Waals surface area contributed by atoms with Gasteiger partial charge in [-0.1, -0.05) is 24.3 Å². The number of nitrogens with one attached hydrogen (secondary N) is 1. The Kier molecular flexibility index (Phi) is 5.27. The molecule has 0 amide bonds. The fourth-order valence-electron chi connectivity index (χ4n) is 3.33. The Labute approximate surface area is 177 Å². The lowest BCUT2D eigenvalue weighted by Crippen LogP contribution is -2.22. The number of amidine groups is 1. The Balaban J connectivity index is 1.41. The lowest BCUT2D eigenvalue weighted by Gasteiger charge is -2.16. The van der Waals surface area contributed by atoms with Gasteiger partial charge in [-0.15, -0.1) is 11.3 Å². The fourth-order valence-corrected chi connectivity index (χ4v) is 4.83. The molecule has 4 heterocycles. The monoisotopic (exact) mass is 420 g/mol. The molecule has 0 aliphatic carbocycles. The van der Waals surface area contributed by atoms with Gasteiger partial charge >= 0.3 is 0 Å². The van der Waals surface area contributed by atoms with E-state index < -0.39 is 0 Å². The molecule has 0 spiro atoms. The van der Waals surface area contributed by atoms with Crippen molar-refractivity contribution < 1.29 is 0 Å². The van der Waals surface area contributed by atoms with Crippen molar-refractivity contribution in [2.24, 2.45) is 4.99 Å². The third-order valence-electron chi connectivity index (χ3n) is 4.75. The molecule has 8 heteroatoms. The van der Waals surface area contributed by atoms with Gasteiger partial charge in [0.05, 0.1) is 6.54 Å². The van der Waals surface area contributed by atoms with Gasteiger partial charge < -0.3 is 10.2 Å². The summed E-state index contributed by atoms with van der Waals surface area (Å²) in [5, 5.41) is 6.08. The SMILES string of the molecule is C1=C(c2cccs2)CN=C1Nc1nc(Sc2ccccc2)nc(N2CCCC2)n1. The summed E-state index contributed by atoms with van der Waals surface area (Å²) in [6.07, 6.45) is 4.43. The van der Waals surface area contributed by atoms with Gasteiger partial charge in [-0.2, -0.15) is 15.0 Å². The van der Waals surface area contributed by atoms with Gasteiger partial charge in [0, 0.05) is 22.9 Å². The normalized spacial score (nSPS) is 16.1. The van der Waals surface area contributed by atoms with E-state index >= 15 is 0 Å². The van der Waals surface area contributed by atoms with Crippen LogP contribution < -0.4 is 10.2 Å². The number of hydrogen-bond donors (Lipinski definition) is 1. The molecule has 1 fully saturated rings. The minimum absolute atomic E-state index is 0.544. The van der Waals surface area contributed by atoms with E-state index in [4.69, 9.17) is 4.98 Å². The smallest absolute Gasteiger partial charge is 0.234 e. The zero-order valence-corrected chi connectivity index (χ0v) is 17.4. The van der Waals surface area contributed by atoms with Crippen molar-refractivity contribution in [2.75, 3.05) is 29.9 Å². The van der Waals surface area contributed by atoms with E-state index in [0.29, 0.717) is 17.6 Å². The standard InChI is InChI=1S/C21H20N6S2/c1-2-7-16(8-3-1)29-21-25-19(24-20(26-21)27-10-4-5-11-27)23-18-13-15(14-22-18)17-9-6-12-28-17/h1-3,6-9,12-13H,4-5,10-11,14H2,(H,22,23,24,25,26). The second-order valence-electron chi connectivity index (χ2n) is 6.82. The van der Waals surface area contributed by atoms with Crippen LogP contribution in [0.3, 0.4) is 0 Å². The van der Waals surface area contributed by atoms with Crippen molar-refractivity contribution in [2.45, 2.75) is 22.9 Å². The van der Waals surface area contributed by atoms with E-state index in [-0.39, 0.29) is 0 Å². The number of benzene rings is 1. The summed E-state index contributed by atoms with van der Waals surface area (Å²) in [4.78, 5) is 23.2. The molecule has 0 unspecified atom stereocenters. The van der Waals surface area contributed by atoms with Crippen LogP contribution in [0, 0.1) is 0 Å². The maximum atomic E-state index is 4.71. The molecule has 2 aliphatic rings. The predicted octanol–water partition coefficient (Wildman–Crippen LogP) is 4.59. The highest BCUT2D eigenvalue weighted by atomic mass is 32.2. The van der Waals surface area contributed by atoms with E-state index in [1.165, 1.54) is 23.3 Å². The third kappa shape index (κ3) is 4.33. The quantitative estimate of drug-likeness (QED) is 0.651. The lowest BCUT2D eigenvalue weighted by atomic mass is 10.2. The third-order valence-corrected chi connectivity index (χ3v) is 6.57. The van der Waals surface area contributed by atoms with E-state index in [1.807, 2.05) is 18.2 Å².